The number of rotatable bonds is 10. The van der Waals surface area contributed by atoms with Crippen molar-refractivity contribution < 1.29 is 28.9 Å². The zero-order chi connectivity index (χ0) is 30.1. The number of carbonyl (C=O) groups excluding carboxylic acids is 2. The predicted molar refractivity (Wildman–Crippen MR) is 161 cm³/mol. The number of nitrogens with zero attached hydrogens (tertiary/aromatic N) is 2. The summed E-state index contributed by atoms with van der Waals surface area (Å²) in [5.74, 6) is 0.140. The maximum atomic E-state index is 13.0. The molecule has 8 nitrogen and oxygen atoms in total. The van der Waals surface area contributed by atoms with Gasteiger partial charge in [-0.05, 0) is 87.8 Å². The topological polar surface area (TPSA) is 98.2 Å². The van der Waals surface area contributed by atoms with Gasteiger partial charge >= 0.3 is 12.1 Å². The highest BCUT2D eigenvalue weighted by Gasteiger charge is 2.25. The van der Waals surface area contributed by atoms with Crippen molar-refractivity contribution in [3.8, 4) is 16.9 Å². The minimum Gasteiger partial charge on any atom is -0.490 e. The smallest absolute Gasteiger partial charge is 0.410 e. The maximum Gasteiger partial charge on any atom is 0.410 e. The third-order valence-corrected chi connectivity index (χ3v) is 7.30. The van der Waals surface area contributed by atoms with Crippen molar-refractivity contribution in [3.63, 3.8) is 0 Å². The zero-order valence-electron chi connectivity index (χ0n) is 25.0. The summed E-state index contributed by atoms with van der Waals surface area (Å²) in [5.41, 5.74) is 3.38. The molecule has 2 aromatic carbocycles. The fourth-order valence-electron chi connectivity index (χ4n) is 5.04. The monoisotopic (exact) mass is 574 g/mol. The van der Waals surface area contributed by atoms with Gasteiger partial charge in [0.25, 0.3) is 0 Å². The molecule has 1 atom stereocenters. The van der Waals surface area contributed by atoms with Crippen LogP contribution < -0.4 is 4.74 Å². The standard InChI is InChI=1S/C34H42N2O6/c1-34(2,3)42-33(39)36(23-30(37)27-9-8-19-35-22-27)20-18-24-12-14-25(15-13-24)26-16-17-29(32(38)40-4)31(21-26)41-28-10-6-5-7-11-28/h8-9,12-17,19,21-22,28,30,37H,5-7,10-11,18,20,23H2,1-4H3/t30-/m0/s1. The third kappa shape index (κ3) is 8.79. The summed E-state index contributed by atoms with van der Waals surface area (Å²) in [6, 6.07) is 17.2. The quantitative estimate of drug-likeness (QED) is 0.267. The number of esters is 1. The Kier molecular flexibility index (Phi) is 10.6. The highest BCUT2D eigenvalue weighted by molar-refractivity contribution is 5.93. The lowest BCUT2D eigenvalue weighted by atomic mass is 9.97. The summed E-state index contributed by atoms with van der Waals surface area (Å²) in [6.45, 7) is 5.93. The van der Waals surface area contributed by atoms with Crippen LogP contribution in [0, 0.1) is 0 Å². The number of carbonyl (C=O) groups is 2. The van der Waals surface area contributed by atoms with Crippen LogP contribution in [0.1, 0.15) is 80.5 Å². The number of aliphatic hydroxyl groups is 1. The van der Waals surface area contributed by atoms with E-state index >= 15 is 0 Å². The number of hydrogen-bond donors (Lipinski definition) is 1. The van der Waals surface area contributed by atoms with Crippen molar-refractivity contribution in [2.75, 3.05) is 20.2 Å². The number of aliphatic hydroxyl groups excluding tert-OH is 1. The van der Waals surface area contributed by atoms with Crippen LogP contribution in [0.5, 0.6) is 5.75 Å². The van der Waals surface area contributed by atoms with Gasteiger partial charge in [-0.25, -0.2) is 9.59 Å². The Hall–Kier alpha value is -3.91. The van der Waals surface area contributed by atoms with E-state index in [1.807, 2.05) is 57.2 Å². The Bertz CT molecular complexity index is 1310. The lowest BCUT2D eigenvalue weighted by molar-refractivity contribution is 0.0146. The summed E-state index contributed by atoms with van der Waals surface area (Å²) in [7, 11) is 1.38. The van der Waals surface area contributed by atoms with Crippen molar-refractivity contribution in [2.45, 2.75) is 77.1 Å². The van der Waals surface area contributed by atoms with E-state index in [9.17, 15) is 14.7 Å². The van der Waals surface area contributed by atoms with E-state index in [1.165, 1.54) is 18.4 Å². The number of methoxy groups -OCH3 is 1. The highest BCUT2D eigenvalue weighted by Crippen LogP contribution is 2.31. The van der Waals surface area contributed by atoms with Gasteiger partial charge < -0.3 is 24.2 Å². The Morgan fingerprint density at radius 3 is 2.38 bits per heavy atom. The summed E-state index contributed by atoms with van der Waals surface area (Å²) in [5, 5.41) is 10.8. The summed E-state index contributed by atoms with van der Waals surface area (Å²) < 4.78 is 16.9. The highest BCUT2D eigenvalue weighted by atomic mass is 16.6. The molecule has 1 N–H and O–H groups in total. The molecule has 4 rings (SSSR count). The van der Waals surface area contributed by atoms with Crippen molar-refractivity contribution in [1.82, 2.24) is 9.88 Å². The van der Waals surface area contributed by atoms with Crippen LogP contribution in [0.15, 0.2) is 67.0 Å². The van der Waals surface area contributed by atoms with Gasteiger partial charge in [-0.15, -0.1) is 0 Å². The molecule has 0 bridgehead atoms. The normalized spacial score (nSPS) is 14.6. The lowest BCUT2D eigenvalue weighted by Gasteiger charge is -2.29. The molecular weight excluding hydrogens is 532 g/mol. The Morgan fingerprint density at radius 1 is 1.02 bits per heavy atom. The number of ether oxygens (including phenoxy) is 3. The largest absolute Gasteiger partial charge is 0.490 e. The summed E-state index contributed by atoms with van der Waals surface area (Å²) in [4.78, 5) is 31.0. The maximum absolute atomic E-state index is 13.0. The van der Waals surface area contributed by atoms with Crippen LogP contribution in [-0.2, 0) is 15.9 Å². The SMILES string of the molecule is COC(=O)c1ccc(-c2ccc(CCN(C[C@H](O)c3cccnc3)C(=O)OC(C)(C)C)cc2)cc1OC1CCCCC1. The van der Waals surface area contributed by atoms with E-state index in [2.05, 4.69) is 4.98 Å². The van der Waals surface area contributed by atoms with E-state index < -0.39 is 23.8 Å². The van der Waals surface area contributed by atoms with Gasteiger partial charge in [0.2, 0.25) is 0 Å². The molecule has 0 unspecified atom stereocenters. The average Bonchev–Trinajstić information content (AvgIpc) is 2.99. The van der Waals surface area contributed by atoms with Gasteiger partial charge in [0.1, 0.15) is 16.9 Å². The van der Waals surface area contributed by atoms with Crippen molar-refractivity contribution >= 4 is 12.1 Å². The molecule has 0 spiro atoms. The van der Waals surface area contributed by atoms with Crippen LogP contribution in [-0.4, -0.2) is 59.0 Å². The lowest BCUT2D eigenvalue weighted by Crippen LogP contribution is -2.40. The van der Waals surface area contributed by atoms with E-state index in [0.29, 0.717) is 29.8 Å². The van der Waals surface area contributed by atoms with Crippen molar-refractivity contribution in [1.29, 1.82) is 0 Å². The fraction of sp³-hybridized carbons (Fsp3) is 0.441. The molecule has 0 saturated heterocycles. The van der Waals surface area contributed by atoms with Gasteiger partial charge in [0.15, 0.2) is 0 Å². The first kappa shape index (κ1) is 31.0. The van der Waals surface area contributed by atoms with Crippen LogP contribution in [0.3, 0.4) is 0 Å². The predicted octanol–water partition coefficient (Wildman–Crippen LogP) is 6.76. The molecule has 42 heavy (non-hydrogen) atoms. The van der Waals surface area contributed by atoms with E-state index in [-0.39, 0.29) is 12.6 Å². The van der Waals surface area contributed by atoms with Crippen LogP contribution in [0.4, 0.5) is 4.79 Å². The van der Waals surface area contributed by atoms with E-state index in [0.717, 1.165) is 42.4 Å². The number of aromatic nitrogens is 1. The van der Waals surface area contributed by atoms with Crippen molar-refractivity contribution in [3.05, 3.63) is 83.7 Å². The fourth-order valence-corrected chi connectivity index (χ4v) is 5.04. The molecule has 1 aliphatic rings. The number of hydrogen-bond acceptors (Lipinski definition) is 7. The second kappa shape index (κ2) is 14.3. The van der Waals surface area contributed by atoms with Crippen LogP contribution in [0.2, 0.25) is 0 Å². The molecular formula is C34H42N2O6. The van der Waals surface area contributed by atoms with E-state index in [1.54, 1.807) is 30.6 Å². The van der Waals surface area contributed by atoms with E-state index in [4.69, 9.17) is 14.2 Å². The van der Waals surface area contributed by atoms with Gasteiger partial charge in [-0.1, -0.05) is 42.8 Å². The second-order valence-corrected chi connectivity index (χ2v) is 11.8. The molecule has 0 aliphatic heterocycles. The van der Waals surface area contributed by atoms with Crippen molar-refractivity contribution in [2.24, 2.45) is 0 Å². The number of benzene rings is 2. The Morgan fingerprint density at radius 2 is 1.74 bits per heavy atom. The third-order valence-electron chi connectivity index (χ3n) is 7.30. The van der Waals surface area contributed by atoms with Gasteiger partial charge in [0.05, 0.1) is 25.9 Å². The van der Waals surface area contributed by atoms with Gasteiger partial charge in [-0.2, -0.15) is 0 Å². The average molecular weight is 575 g/mol. The second-order valence-electron chi connectivity index (χ2n) is 11.8. The first-order chi connectivity index (χ1) is 20.1. The Labute approximate surface area is 248 Å². The molecule has 1 aromatic heterocycles. The van der Waals surface area contributed by atoms with Crippen LogP contribution in [0.25, 0.3) is 11.1 Å². The first-order valence-corrected chi connectivity index (χ1v) is 14.7. The van der Waals surface area contributed by atoms with Crippen LogP contribution >= 0.6 is 0 Å². The number of amides is 1. The van der Waals surface area contributed by atoms with Gasteiger partial charge in [-0.3, -0.25) is 4.98 Å². The summed E-state index contributed by atoms with van der Waals surface area (Å²) in [6.07, 6.45) is 8.02. The molecule has 1 amide bonds. The molecule has 224 valence electrons. The molecule has 1 saturated carbocycles. The van der Waals surface area contributed by atoms with Gasteiger partial charge in [0, 0.05) is 24.5 Å². The summed E-state index contributed by atoms with van der Waals surface area (Å²) >= 11 is 0. The molecule has 0 radical (unpaired) electrons. The molecule has 1 aliphatic carbocycles. The molecule has 1 heterocycles. The minimum atomic E-state index is -0.883. The Balaban J connectivity index is 1.47. The minimum absolute atomic E-state index is 0.0923. The zero-order valence-corrected chi connectivity index (χ0v) is 25.0. The molecule has 8 heteroatoms. The molecule has 1 fully saturated rings. The molecule has 3 aromatic rings. The first-order valence-electron chi connectivity index (χ1n) is 14.7. The number of pyridine rings is 1.